The van der Waals surface area contributed by atoms with E-state index >= 15 is 0 Å². The Kier molecular flexibility index (Phi) is 14.3. The molecule has 108 valence electrons. The third-order valence-electron chi connectivity index (χ3n) is 2.51. The van der Waals surface area contributed by atoms with Crippen molar-refractivity contribution < 1.29 is 9.47 Å². The van der Waals surface area contributed by atoms with E-state index in [9.17, 15) is 0 Å². The van der Waals surface area contributed by atoms with Gasteiger partial charge in [-0.15, -0.1) is 0 Å². The average molecular weight is 265 g/mol. The Balaban J connectivity index is 3.21. The van der Waals surface area contributed by atoms with Gasteiger partial charge in [-0.25, -0.2) is 0 Å². The van der Waals surface area contributed by atoms with Crippen molar-refractivity contribution >= 4 is 0 Å². The summed E-state index contributed by atoms with van der Waals surface area (Å²) >= 11 is 0. The number of hydrogen-bond acceptors (Lipinski definition) is 3. The Hall–Kier alpha value is -1.00. The van der Waals surface area contributed by atoms with Crippen molar-refractivity contribution in [3.8, 4) is 23.7 Å². The van der Waals surface area contributed by atoms with Gasteiger partial charge in [0.25, 0.3) is 0 Å². The van der Waals surface area contributed by atoms with Crippen LogP contribution in [0.3, 0.4) is 0 Å². The molecular formula is C16H27NO2. The topological polar surface area (TPSA) is 30.5 Å². The summed E-state index contributed by atoms with van der Waals surface area (Å²) in [7, 11) is 0. The number of unbranched alkanes of at least 4 members (excludes halogenated alkanes) is 1. The summed E-state index contributed by atoms with van der Waals surface area (Å²) in [6.07, 6.45) is 3.13. The van der Waals surface area contributed by atoms with Crippen LogP contribution in [0.5, 0.6) is 0 Å². The summed E-state index contributed by atoms with van der Waals surface area (Å²) in [6.45, 7) is 9.68. The molecule has 0 aromatic carbocycles. The lowest BCUT2D eigenvalue weighted by molar-refractivity contribution is 0.0607. The maximum Gasteiger partial charge on any atom is 0.108 e. The van der Waals surface area contributed by atoms with Gasteiger partial charge in [-0.3, -0.25) is 0 Å². The molecule has 0 fully saturated rings. The SMILES string of the molecule is CCCC#CC#CCOCCOCCNC(C)CC. The Labute approximate surface area is 118 Å². The third-order valence-corrected chi connectivity index (χ3v) is 2.51. The van der Waals surface area contributed by atoms with Crippen molar-refractivity contribution in [1.29, 1.82) is 0 Å². The molecule has 0 aromatic rings. The first kappa shape index (κ1) is 18.0. The van der Waals surface area contributed by atoms with Crippen molar-refractivity contribution in [3.05, 3.63) is 0 Å². The van der Waals surface area contributed by atoms with Crippen LogP contribution >= 0.6 is 0 Å². The second-order valence-electron chi connectivity index (χ2n) is 4.28. The van der Waals surface area contributed by atoms with Crippen LogP contribution in [0.1, 0.15) is 40.0 Å². The van der Waals surface area contributed by atoms with Gasteiger partial charge in [0.2, 0.25) is 0 Å². The van der Waals surface area contributed by atoms with Crippen LogP contribution in [0.15, 0.2) is 0 Å². The summed E-state index contributed by atoms with van der Waals surface area (Å²) < 4.78 is 10.7. The number of hydrogen-bond donors (Lipinski definition) is 1. The van der Waals surface area contributed by atoms with Crippen LogP contribution in [-0.2, 0) is 9.47 Å². The zero-order valence-corrected chi connectivity index (χ0v) is 12.6. The molecule has 0 radical (unpaired) electrons. The normalized spacial score (nSPS) is 11.1. The molecule has 0 aliphatic heterocycles. The molecule has 3 heteroatoms. The predicted molar refractivity (Wildman–Crippen MR) is 79.9 cm³/mol. The van der Waals surface area contributed by atoms with E-state index in [1.807, 2.05) is 0 Å². The highest BCUT2D eigenvalue weighted by atomic mass is 16.5. The van der Waals surface area contributed by atoms with E-state index in [4.69, 9.17) is 9.47 Å². The van der Waals surface area contributed by atoms with Gasteiger partial charge in [-0.05, 0) is 31.6 Å². The molecule has 1 N–H and O–H groups in total. The highest BCUT2D eigenvalue weighted by molar-refractivity contribution is 5.25. The predicted octanol–water partition coefficient (Wildman–Crippen LogP) is 2.21. The molecule has 0 saturated heterocycles. The molecule has 0 bridgehead atoms. The Morgan fingerprint density at radius 2 is 1.74 bits per heavy atom. The average Bonchev–Trinajstić information content (AvgIpc) is 2.43. The molecule has 3 nitrogen and oxygen atoms in total. The molecule has 0 heterocycles. The van der Waals surface area contributed by atoms with Gasteiger partial charge in [-0.2, -0.15) is 0 Å². The molecule has 1 atom stereocenters. The van der Waals surface area contributed by atoms with Crippen LogP contribution in [-0.4, -0.2) is 39.0 Å². The van der Waals surface area contributed by atoms with Crippen molar-refractivity contribution in [2.75, 3.05) is 33.0 Å². The Morgan fingerprint density at radius 1 is 1.00 bits per heavy atom. The maximum absolute atomic E-state index is 5.42. The van der Waals surface area contributed by atoms with E-state index in [1.165, 1.54) is 0 Å². The molecule has 0 aromatic heterocycles. The van der Waals surface area contributed by atoms with Crippen LogP contribution in [0, 0.1) is 23.7 Å². The van der Waals surface area contributed by atoms with E-state index in [-0.39, 0.29) is 0 Å². The largest absolute Gasteiger partial charge is 0.378 e. The first-order valence-corrected chi connectivity index (χ1v) is 7.15. The van der Waals surface area contributed by atoms with Crippen molar-refractivity contribution in [2.24, 2.45) is 0 Å². The highest BCUT2D eigenvalue weighted by Gasteiger charge is 1.95. The minimum absolute atomic E-state index is 0.426. The fraction of sp³-hybridized carbons (Fsp3) is 0.750. The van der Waals surface area contributed by atoms with Crippen LogP contribution in [0.25, 0.3) is 0 Å². The molecular weight excluding hydrogens is 238 g/mol. The van der Waals surface area contributed by atoms with Gasteiger partial charge in [0, 0.05) is 19.0 Å². The smallest absolute Gasteiger partial charge is 0.108 e. The van der Waals surface area contributed by atoms with Crippen LogP contribution < -0.4 is 5.32 Å². The zero-order chi connectivity index (χ0) is 14.2. The standard InChI is InChI=1S/C16H27NO2/c1-4-6-7-8-9-10-12-18-14-15-19-13-11-17-16(3)5-2/h16-17H,4-6,11-15H2,1-3H3. The first-order chi connectivity index (χ1) is 9.31. The second kappa shape index (κ2) is 15.1. The zero-order valence-electron chi connectivity index (χ0n) is 12.6. The van der Waals surface area contributed by atoms with Gasteiger partial charge in [0.05, 0.1) is 19.8 Å². The Bertz CT molecular complexity index is 306. The van der Waals surface area contributed by atoms with Crippen molar-refractivity contribution in [1.82, 2.24) is 5.32 Å². The molecule has 0 aliphatic carbocycles. The van der Waals surface area contributed by atoms with E-state index in [1.54, 1.807) is 0 Å². The number of rotatable bonds is 10. The minimum Gasteiger partial charge on any atom is -0.378 e. The summed E-state index contributed by atoms with van der Waals surface area (Å²) in [5.41, 5.74) is 0. The van der Waals surface area contributed by atoms with E-state index in [0.29, 0.717) is 25.9 Å². The molecule has 0 spiro atoms. The maximum atomic E-state index is 5.42. The lowest BCUT2D eigenvalue weighted by Crippen LogP contribution is -2.29. The number of ether oxygens (including phenoxy) is 2. The second-order valence-corrected chi connectivity index (χ2v) is 4.28. The lowest BCUT2D eigenvalue weighted by atomic mass is 10.3. The van der Waals surface area contributed by atoms with Crippen LogP contribution in [0.2, 0.25) is 0 Å². The lowest BCUT2D eigenvalue weighted by Gasteiger charge is -2.10. The van der Waals surface area contributed by atoms with Crippen LogP contribution in [0.4, 0.5) is 0 Å². The van der Waals surface area contributed by atoms with Gasteiger partial charge in [-0.1, -0.05) is 25.7 Å². The Morgan fingerprint density at radius 3 is 2.47 bits per heavy atom. The van der Waals surface area contributed by atoms with E-state index in [2.05, 4.69) is 49.8 Å². The van der Waals surface area contributed by atoms with Crippen molar-refractivity contribution in [2.45, 2.75) is 46.1 Å². The minimum atomic E-state index is 0.426. The molecule has 0 amide bonds. The summed E-state index contributed by atoms with van der Waals surface area (Å²) in [6, 6.07) is 0.559. The van der Waals surface area contributed by atoms with Crippen molar-refractivity contribution in [3.63, 3.8) is 0 Å². The highest BCUT2D eigenvalue weighted by Crippen LogP contribution is 1.86. The van der Waals surface area contributed by atoms with E-state index < -0.39 is 0 Å². The van der Waals surface area contributed by atoms with Gasteiger partial charge < -0.3 is 14.8 Å². The summed E-state index contributed by atoms with van der Waals surface area (Å²) in [4.78, 5) is 0. The van der Waals surface area contributed by atoms with Gasteiger partial charge in [0.15, 0.2) is 0 Å². The molecule has 0 saturated carbocycles. The quantitative estimate of drug-likeness (QED) is 0.485. The third kappa shape index (κ3) is 14.9. The summed E-state index contributed by atoms with van der Waals surface area (Å²) in [5, 5.41) is 3.36. The van der Waals surface area contributed by atoms with E-state index in [0.717, 1.165) is 32.4 Å². The molecule has 0 aliphatic rings. The first-order valence-electron chi connectivity index (χ1n) is 7.15. The fourth-order valence-electron chi connectivity index (χ4n) is 1.18. The molecule has 0 rings (SSSR count). The summed E-state index contributed by atoms with van der Waals surface area (Å²) in [5.74, 6) is 11.4. The molecule has 19 heavy (non-hydrogen) atoms. The van der Waals surface area contributed by atoms with Gasteiger partial charge >= 0.3 is 0 Å². The monoisotopic (exact) mass is 265 g/mol. The molecule has 1 unspecified atom stereocenters. The van der Waals surface area contributed by atoms with Gasteiger partial charge in [0.1, 0.15) is 6.61 Å². The number of nitrogens with one attached hydrogen (secondary N) is 1. The fourth-order valence-corrected chi connectivity index (χ4v) is 1.18.